The molecule has 1 aromatic carbocycles. The van der Waals surface area contributed by atoms with Crippen LogP contribution in [0.1, 0.15) is 40.7 Å². The molecule has 1 unspecified atom stereocenters. The van der Waals surface area contributed by atoms with Gasteiger partial charge in [-0.25, -0.2) is 22.8 Å². The summed E-state index contributed by atoms with van der Waals surface area (Å²) in [6, 6.07) is 0.709. The lowest BCUT2D eigenvalue weighted by molar-refractivity contribution is 0.0596. The number of amides is 2. The number of hydrogen-bond donors (Lipinski definition) is 2. The number of aryl methyl sites for hydroxylation is 1. The molecule has 2 aromatic rings. The van der Waals surface area contributed by atoms with E-state index in [0.717, 1.165) is 50.5 Å². The van der Waals surface area contributed by atoms with Crippen molar-refractivity contribution < 1.29 is 32.2 Å². The molecule has 0 bridgehead atoms. The summed E-state index contributed by atoms with van der Waals surface area (Å²) in [6.07, 6.45) is 2.99. The van der Waals surface area contributed by atoms with Crippen LogP contribution in [0.15, 0.2) is 6.07 Å². The number of methoxy groups -OCH3 is 1. The highest BCUT2D eigenvalue weighted by Gasteiger charge is 2.26. The van der Waals surface area contributed by atoms with Gasteiger partial charge in [0.25, 0.3) is 0 Å². The lowest BCUT2D eigenvalue weighted by Gasteiger charge is -2.19. The first-order valence-electron chi connectivity index (χ1n) is 10.3. The third-order valence-corrected chi connectivity index (χ3v) is 6.25. The van der Waals surface area contributed by atoms with Crippen molar-refractivity contribution in [2.75, 3.05) is 32.6 Å². The lowest BCUT2D eigenvalue weighted by atomic mass is 10.1. The summed E-state index contributed by atoms with van der Waals surface area (Å²) < 4.78 is 55.9. The Morgan fingerprint density at radius 2 is 2.06 bits per heavy atom. The third-order valence-electron chi connectivity index (χ3n) is 5.50. The van der Waals surface area contributed by atoms with Crippen molar-refractivity contribution in [3.8, 4) is 5.88 Å². The summed E-state index contributed by atoms with van der Waals surface area (Å²) in [5.41, 5.74) is -1.04. The number of ether oxygens (including phenoxy) is 2. The summed E-state index contributed by atoms with van der Waals surface area (Å²) in [6.45, 7) is 1.99. The predicted molar refractivity (Wildman–Crippen MR) is 116 cm³/mol. The van der Waals surface area contributed by atoms with E-state index in [1.54, 1.807) is 0 Å². The summed E-state index contributed by atoms with van der Waals surface area (Å²) in [5.74, 6) is -4.73. The van der Waals surface area contributed by atoms with Gasteiger partial charge in [0.15, 0.2) is 17.2 Å². The molecule has 180 valence electrons. The van der Waals surface area contributed by atoms with Crippen molar-refractivity contribution in [3.63, 3.8) is 0 Å². The number of hydrogen-bond acceptors (Lipinski definition) is 7. The molecule has 1 atom stereocenters. The van der Waals surface area contributed by atoms with Crippen molar-refractivity contribution >= 4 is 28.5 Å². The van der Waals surface area contributed by atoms with E-state index in [1.165, 1.54) is 6.92 Å². The Balaban J connectivity index is 1.67. The van der Waals surface area contributed by atoms with Gasteiger partial charge < -0.3 is 19.7 Å². The van der Waals surface area contributed by atoms with Gasteiger partial charge in [0, 0.05) is 12.6 Å². The molecular formula is C21H25F3N4O4S. The van der Waals surface area contributed by atoms with Crippen LogP contribution >= 0.6 is 11.5 Å². The average Bonchev–Trinajstić information content (AvgIpc) is 3.37. The lowest BCUT2D eigenvalue weighted by Crippen LogP contribution is -2.34. The molecule has 8 nitrogen and oxygen atoms in total. The fourth-order valence-electron chi connectivity index (χ4n) is 3.61. The Hall–Kier alpha value is -2.86. The second-order valence-electron chi connectivity index (χ2n) is 7.70. The first kappa shape index (κ1) is 24.8. The van der Waals surface area contributed by atoms with Gasteiger partial charge >= 0.3 is 12.0 Å². The summed E-state index contributed by atoms with van der Waals surface area (Å²) in [4.78, 5) is 26.8. The van der Waals surface area contributed by atoms with Crippen LogP contribution in [0.2, 0.25) is 0 Å². The van der Waals surface area contributed by atoms with Crippen molar-refractivity contribution in [1.29, 1.82) is 0 Å². The maximum Gasteiger partial charge on any atom is 0.346 e. The van der Waals surface area contributed by atoms with Gasteiger partial charge in [-0.1, -0.05) is 0 Å². The van der Waals surface area contributed by atoms with Gasteiger partial charge in [-0.05, 0) is 62.9 Å². The predicted octanol–water partition coefficient (Wildman–Crippen LogP) is 3.84. The standard InChI is InChI=1S/C21H25F3N4O4S/c1-11-9-14(22)13(17(24)16(11)23)10-32-18-15(20(29)31-3)19(33-27-18)26-21(30)25-7-6-12-5-4-8-28(12)2/h9,12H,4-8,10H2,1-3H3,(H2,25,26,30). The second-order valence-corrected chi connectivity index (χ2v) is 8.47. The molecule has 1 aliphatic heterocycles. The molecule has 3 rings (SSSR count). The Bertz CT molecular complexity index is 1030. The first-order chi connectivity index (χ1) is 15.7. The van der Waals surface area contributed by atoms with Crippen molar-refractivity contribution in [2.45, 2.75) is 38.8 Å². The van der Waals surface area contributed by atoms with Gasteiger partial charge in [0.2, 0.25) is 5.88 Å². The summed E-state index contributed by atoms with van der Waals surface area (Å²) >= 11 is 0.739. The van der Waals surface area contributed by atoms with E-state index in [1.807, 2.05) is 7.05 Å². The number of carbonyl (C=O) groups is 2. The minimum Gasteiger partial charge on any atom is -0.471 e. The largest absolute Gasteiger partial charge is 0.471 e. The van der Waals surface area contributed by atoms with E-state index < -0.39 is 41.6 Å². The number of halogens is 3. The maximum absolute atomic E-state index is 14.1. The molecule has 33 heavy (non-hydrogen) atoms. The highest BCUT2D eigenvalue weighted by Crippen LogP contribution is 2.32. The third kappa shape index (κ3) is 5.74. The molecule has 1 aromatic heterocycles. The van der Waals surface area contributed by atoms with Crippen LogP contribution in [0.25, 0.3) is 0 Å². The van der Waals surface area contributed by atoms with E-state index in [2.05, 4.69) is 19.9 Å². The second kappa shape index (κ2) is 10.8. The van der Waals surface area contributed by atoms with Crippen molar-refractivity contribution in [1.82, 2.24) is 14.6 Å². The molecule has 0 spiro atoms. The zero-order chi connectivity index (χ0) is 24.1. The number of anilines is 1. The fourth-order valence-corrected chi connectivity index (χ4v) is 4.33. The molecule has 0 radical (unpaired) electrons. The number of nitrogens with one attached hydrogen (secondary N) is 2. The van der Waals surface area contributed by atoms with Gasteiger partial charge in [-0.2, -0.15) is 4.37 Å². The molecule has 0 saturated carbocycles. The Morgan fingerprint density at radius 1 is 1.30 bits per heavy atom. The quantitative estimate of drug-likeness (QED) is 0.435. The minimum atomic E-state index is -1.38. The van der Waals surface area contributed by atoms with Gasteiger partial charge in [0.1, 0.15) is 17.4 Å². The molecule has 1 aliphatic rings. The van der Waals surface area contributed by atoms with Crippen LogP contribution < -0.4 is 15.4 Å². The van der Waals surface area contributed by atoms with E-state index >= 15 is 0 Å². The Kier molecular flexibility index (Phi) is 8.14. The topological polar surface area (TPSA) is 92.8 Å². The van der Waals surface area contributed by atoms with Crippen LogP contribution in [0, 0.1) is 24.4 Å². The fraction of sp³-hybridized carbons (Fsp3) is 0.476. The first-order valence-corrected chi connectivity index (χ1v) is 11.1. The number of aromatic nitrogens is 1. The van der Waals surface area contributed by atoms with Crippen LogP contribution in [0.4, 0.5) is 23.0 Å². The van der Waals surface area contributed by atoms with E-state index in [0.29, 0.717) is 12.6 Å². The van der Waals surface area contributed by atoms with Crippen LogP contribution in [-0.2, 0) is 11.3 Å². The number of carbonyl (C=O) groups excluding carboxylic acids is 2. The van der Waals surface area contributed by atoms with Crippen LogP contribution in [-0.4, -0.2) is 54.6 Å². The SMILES string of the molecule is COC(=O)c1c(OCc2c(F)cc(C)c(F)c2F)nsc1NC(=O)NCCC1CCCN1C. The van der Waals surface area contributed by atoms with E-state index in [-0.39, 0.29) is 22.0 Å². The highest BCUT2D eigenvalue weighted by atomic mass is 32.1. The molecule has 2 N–H and O–H groups in total. The van der Waals surface area contributed by atoms with Crippen molar-refractivity contribution in [2.24, 2.45) is 0 Å². The molecule has 0 aliphatic carbocycles. The van der Waals surface area contributed by atoms with Gasteiger partial charge in [-0.3, -0.25) is 5.32 Å². The smallest absolute Gasteiger partial charge is 0.346 e. The van der Waals surface area contributed by atoms with Crippen LogP contribution in [0.5, 0.6) is 5.88 Å². The number of nitrogens with zero attached hydrogens (tertiary/aromatic N) is 2. The highest BCUT2D eigenvalue weighted by molar-refractivity contribution is 7.11. The molecule has 2 heterocycles. The molecule has 2 amide bonds. The summed E-state index contributed by atoms with van der Waals surface area (Å²) in [7, 11) is 3.17. The monoisotopic (exact) mass is 486 g/mol. The number of benzene rings is 1. The zero-order valence-corrected chi connectivity index (χ0v) is 19.3. The van der Waals surface area contributed by atoms with E-state index in [4.69, 9.17) is 9.47 Å². The maximum atomic E-state index is 14.1. The molecule has 12 heteroatoms. The average molecular weight is 487 g/mol. The van der Waals surface area contributed by atoms with Crippen LogP contribution in [0.3, 0.4) is 0 Å². The van der Waals surface area contributed by atoms with Gasteiger partial charge in [0.05, 0.1) is 12.7 Å². The van der Waals surface area contributed by atoms with Crippen molar-refractivity contribution in [3.05, 3.63) is 40.2 Å². The summed E-state index contributed by atoms with van der Waals surface area (Å²) in [5, 5.41) is 5.29. The minimum absolute atomic E-state index is 0.0448. The Morgan fingerprint density at radius 3 is 2.73 bits per heavy atom. The number of rotatable bonds is 8. The molecular weight excluding hydrogens is 461 g/mol. The normalized spacial score (nSPS) is 16.0. The zero-order valence-electron chi connectivity index (χ0n) is 18.5. The number of urea groups is 1. The number of likely N-dealkylation sites (tertiary alicyclic amines) is 1. The number of esters is 1. The molecule has 1 fully saturated rings. The Labute approximate surface area is 193 Å². The van der Waals surface area contributed by atoms with E-state index in [9.17, 15) is 22.8 Å². The van der Waals surface area contributed by atoms with Gasteiger partial charge in [-0.15, -0.1) is 0 Å². The molecule has 1 saturated heterocycles.